The molecular weight excluding hydrogens is 655 g/mol. The Morgan fingerprint density at radius 3 is 1.50 bits per heavy atom. The Hall–Kier alpha value is -7.16. The topological polar surface area (TPSA) is 16.4 Å². The highest BCUT2D eigenvalue weighted by atomic mass is 16.3. The second-order valence-corrected chi connectivity index (χ2v) is 13.7. The van der Waals surface area contributed by atoms with E-state index in [-0.39, 0.29) is 0 Å². The van der Waals surface area contributed by atoms with E-state index < -0.39 is 0 Å². The summed E-state index contributed by atoms with van der Waals surface area (Å²) in [6.45, 7) is 0. The molecule has 1 heterocycles. The van der Waals surface area contributed by atoms with E-state index in [1.807, 2.05) is 12.1 Å². The number of benzene rings is 9. The summed E-state index contributed by atoms with van der Waals surface area (Å²) < 4.78 is 6.28. The van der Waals surface area contributed by atoms with Gasteiger partial charge in [0.05, 0.1) is 0 Å². The maximum atomic E-state index is 6.28. The fourth-order valence-electron chi connectivity index (χ4n) is 7.85. The molecule has 0 radical (unpaired) electrons. The van der Waals surface area contributed by atoms with Gasteiger partial charge >= 0.3 is 0 Å². The van der Waals surface area contributed by atoms with E-state index in [2.05, 4.69) is 205 Å². The Labute approximate surface area is 314 Å². The molecule has 54 heavy (non-hydrogen) atoms. The Kier molecular flexibility index (Phi) is 7.85. The SMILES string of the molecule is c1ccc(-c2ccc(-c3ccc(N(c4cccc(-c5cccc6ccccc56)c4)c4cccc(-c5cccc6oc7ccccc7c56)c4)cc3)cc2)cc1. The molecule has 0 aliphatic heterocycles. The van der Waals surface area contributed by atoms with Crippen molar-refractivity contribution in [3.05, 3.63) is 212 Å². The van der Waals surface area contributed by atoms with Gasteiger partial charge < -0.3 is 9.32 Å². The maximum Gasteiger partial charge on any atom is 0.136 e. The van der Waals surface area contributed by atoms with E-state index in [1.54, 1.807) is 0 Å². The Bertz CT molecular complexity index is 2920. The van der Waals surface area contributed by atoms with Crippen molar-refractivity contribution in [2.75, 3.05) is 4.90 Å². The lowest BCUT2D eigenvalue weighted by molar-refractivity contribution is 0.669. The fourth-order valence-corrected chi connectivity index (χ4v) is 7.85. The lowest BCUT2D eigenvalue weighted by Gasteiger charge is -2.27. The first kappa shape index (κ1) is 31.6. The van der Waals surface area contributed by atoms with Crippen molar-refractivity contribution in [2.45, 2.75) is 0 Å². The molecule has 0 bridgehead atoms. The normalized spacial score (nSPS) is 11.3. The van der Waals surface area contributed by atoms with Gasteiger partial charge in [0.2, 0.25) is 0 Å². The van der Waals surface area contributed by atoms with Crippen LogP contribution >= 0.6 is 0 Å². The molecule has 0 amide bonds. The van der Waals surface area contributed by atoms with Crippen molar-refractivity contribution >= 4 is 49.8 Å². The van der Waals surface area contributed by atoms with Crippen molar-refractivity contribution < 1.29 is 4.42 Å². The summed E-state index contributed by atoms with van der Waals surface area (Å²) in [5.41, 5.74) is 14.5. The van der Waals surface area contributed by atoms with E-state index >= 15 is 0 Å². The zero-order valence-electron chi connectivity index (χ0n) is 29.6. The second kappa shape index (κ2) is 13.4. The van der Waals surface area contributed by atoms with Crippen LogP contribution < -0.4 is 4.90 Å². The van der Waals surface area contributed by atoms with Crippen molar-refractivity contribution in [3.8, 4) is 44.5 Å². The highest BCUT2D eigenvalue weighted by molar-refractivity contribution is 6.12. The van der Waals surface area contributed by atoms with Gasteiger partial charge in [-0.3, -0.25) is 0 Å². The van der Waals surface area contributed by atoms with Gasteiger partial charge in [-0.25, -0.2) is 0 Å². The summed E-state index contributed by atoms with van der Waals surface area (Å²) >= 11 is 0. The minimum Gasteiger partial charge on any atom is -0.456 e. The summed E-state index contributed by atoms with van der Waals surface area (Å²) in [6, 6.07) is 75.9. The number of hydrogen-bond acceptors (Lipinski definition) is 2. The highest BCUT2D eigenvalue weighted by Crippen LogP contribution is 2.42. The van der Waals surface area contributed by atoms with Gasteiger partial charge in [-0.1, -0.05) is 164 Å². The standard InChI is InChI=1S/C52H35NO/c1-2-12-36(13-3-1)37-26-28-38(29-27-37)39-30-32-43(33-31-39)53(44-18-8-16-41(34-44)47-22-10-15-40-14-4-5-20-46(40)47)45-19-9-17-42(35-45)48-23-11-25-51-52(48)49-21-6-7-24-50(49)54-51/h1-35H. The molecule has 0 unspecified atom stereocenters. The Morgan fingerprint density at radius 2 is 0.778 bits per heavy atom. The van der Waals surface area contributed by atoms with Crippen molar-refractivity contribution in [3.63, 3.8) is 0 Å². The lowest BCUT2D eigenvalue weighted by atomic mass is 9.97. The van der Waals surface area contributed by atoms with E-state index in [4.69, 9.17) is 4.42 Å². The van der Waals surface area contributed by atoms with Crippen LogP contribution in [0.15, 0.2) is 217 Å². The minimum atomic E-state index is 0.895. The van der Waals surface area contributed by atoms with E-state index in [0.29, 0.717) is 0 Å². The smallest absolute Gasteiger partial charge is 0.136 e. The molecule has 10 rings (SSSR count). The van der Waals surface area contributed by atoms with Gasteiger partial charge in [0.1, 0.15) is 11.2 Å². The number of anilines is 3. The third kappa shape index (κ3) is 5.71. The number of fused-ring (bicyclic) bond motifs is 4. The first-order valence-electron chi connectivity index (χ1n) is 18.4. The van der Waals surface area contributed by atoms with Crippen molar-refractivity contribution in [1.29, 1.82) is 0 Å². The van der Waals surface area contributed by atoms with Crippen molar-refractivity contribution in [1.82, 2.24) is 0 Å². The molecule has 0 fully saturated rings. The largest absolute Gasteiger partial charge is 0.456 e. The van der Waals surface area contributed by atoms with Gasteiger partial charge in [0.15, 0.2) is 0 Å². The first-order chi connectivity index (χ1) is 26.8. The average molecular weight is 690 g/mol. The first-order valence-corrected chi connectivity index (χ1v) is 18.4. The molecule has 2 nitrogen and oxygen atoms in total. The molecule has 254 valence electrons. The van der Waals surface area contributed by atoms with Gasteiger partial charge in [-0.2, -0.15) is 0 Å². The van der Waals surface area contributed by atoms with Crippen molar-refractivity contribution in [2.24, 2.45) is 0 Å². The summed E-state index contributed by atoms with van der Waals surface area (Å²) in [5.74, 6) is 0. The zero-order valence-corrected chi connectivity index (χ0v) is 29.6. The van der Waals surface area contributed by atoms with Crippen LogP contribution in [-0.4, -0.2) is 0 Å². The fraction of sp³-hybridized carbons (Fsp3) is 0. The second-order valence-electron chi connectivity index (χ2n) is 13.7. The van der Waals surface area contributed by atoms with E-state index in [9.17, 15) is 0 Å². The molecule has 0 saturated heterocycles. The Balaban J connectivity index is 1.09. The zero-order chi connectivity index (χ0) is 35.8. The Morgan fingerprint density at radius 1 is 0.296 bits per heavy atom. The van der Waals surface area contributed by atoms with Crippen LogP contribution in [0.3, 0.4) is 0 Å². The number of hydrogen-bond donors (Lipinski definition) is 0. The minimum absolute atomic E-state index is 0.895. The maximum absolute atomic E-state index is 6.28. The molecule has 0 spiro atoms. The van der Waals surface area contributed by atoms with Crippen LogP contribution in [0.4, 0.5) is 17.1 Å². The summed E-state index contributed by atoms with van der Waals surface area (Å²) in [6.07, 6.45) is 0. The molecule has 0 aliphatic carbocycles. The molecule has 2 heteroatoms. The van der Waals surface area contributed by atoms with Gasteiger partial charge in [-0.15, -0.1) is 0 Å². The summed E-state index contributed by atoms with van der Waals surface area (Å²) in [4.78, 5) is 2.37. The van der Waals surface area contributed by atoms with Gasteiger partial charge in [-0.05, 0) is 104 Å². The summed E-state index contributed by atoms with van der Waals surface area (Å²) in [5, 5.41) is 4.74. The van der Waals surface area contributed by atoms with Gasteiger partial charge in [0.25, 0.3) is 0 Å². The van der Waals surface area contributed by atoms with E-state index in [1.165, 1.54) is 44.2 Å². The van der Waals surface area contributed by atoms with Crippen LogP contribution in [0, 0.1) is 0 Å². The summed E-state index contributed by atoms with van der Waals surface area (Å²) in [7, 11) is 0. The average Bonchev–Trinajstić information content (AvgIpc) is 3.64. The monoisotopic (exact) mass is 689 g/mol. The molecule has 9 aromatic carbocycles. The quantitative estimate of drug-likeness (QED) is 0.166. The van der Waals surface area contributed by atoms with Crippen LogP contribution in [0.25, 0.3) is 77.2 Å². The molecule has 0 N–H and O–H groups in total. The van der Waals surface area contributed by atoms with Crippen LogP contribution in [0.5, 0.6) is 0 Å². The predicted octanol–water partition coefficient (Wildman–Crippen LogP) is 14.9. The number of para-hydroxylation sites is 1. The lowest BCUT2D eigenvalue weighted by Crippen LogP contribution is -2.10. The van der Waals surface area contributed by atoms with Gasteiger partial charge in [0, 0.05) is 27.8 Å². The van der Waals surface area contributed by atoms with Crippen LogP contribution in [0.2, 0.25) is 0 Å². The molecule has 0 saturated carbocycles. The van der Waals surface area contributed by atoms with Crippen LogP contribution in [0.1, 0.15) is 0 Å². The molecule has 10 aromatic rings. The number of rotatable bonds is 7. The van der Waals surface area contributed by atoms with Crippen LogP contribution in [-0.2, 0) is 0 Å². The number of nitrogens with zero attached hydrogens (tertiary/aromatic N) is 1. The third-order valence-electron chi connectivity index (χ3n) is 10.5. The van der Waals surface area contributed by atoms with E-state index in [0.717, 1.165) is 50.1 Å². The number of furan rings is 1. The molecule has 0 aliphatic rings. The molecular formula is C52H35NO. The molecule has 0 atom stereocenters. The molecule has 1 aromatic heterocycles. The third-order valence-corrected chi connectivity index (χ3v) is 10.5. The predicted molar refractivity (Wildman–Crippen MR) is 228 cm³/mol. The highest BCUT2D eigenvalue weighted by Gasteiger charge is 2.17.